The molecule has 0 amide bonds. The smallest absolute Gasteiger partial charge is 0.180 e. The van der Waals surface area contributed by atoms with E-state index in [0.29, 0.717) is 6.61 Å². The molecular weight excluding hydrogens is 300 g/mol. The lowest BCUT2D eigenvalue weighted by Crippen LogP contribution is -2.26. The summed E-state index contributed by atoms with van der Waals surface area (Å²) in [6.07, 6.45) is 19.8. The summed E-state index contributed by atoms with van der Waals surface area (Å²) in [6, 6.07) is 0. The van der Waals surface area contributed by atoms with E-state index >= 15 is 0 Å². The highest BCUT2D eigenvalue weighted by atomic mass is 16.6. The van der Waals surface area contributed by atoms with E-state index in [1.54, 1.807) is 0 Å². The Morgan fingerprint density at radius 3 is 1.25 bits per heavy atom. The maximum Gasteiger partial charge on any atom is 0.180 e. The summed E-state index contributed by atoms with van der Waals surface area (Å²) in [7, 11) is 0. The van der Waals surface area contributed by atoms with Crippen LogP contribution in [0.5, 0.6) is 0 Å². The van der Waals surface area contributed by atoms with E-state index in [1.807, 2.05) is 0 Å². The average molecular weight is 345 g/mol. The van der Waals surface area contributed by atoms with Gasteiger partial charge in [-0.1, -0.05) is 103 Å². The van der Waals surface area contributed by atoms with Crippen molar-refractivity contribution < 1.29 is 14.9 Å². The van der Waals surface area contributed by atoms with E-state index in [1.165, 1.54) is 96.8 Å². The fraction of sp³-hybridized carbons (Fsp3) is 1.00. The molecule has 0 aromatic carbocycles. The van der Waals surface area contributed by atoms with Gasteiger partial charge in [-0.3, -0.25) is 0 Å². The van der Waals surface area contributed by atoms with Crippen molar-refractivity contribution in [3.8, 4) is 0 Å². The molecule has 2 N–H and O–H groups in total. The minimum absolute atomic E-state index is 0.546. The van der Waals surface area contributed by atoms with Crippen LogP contribution >= 0.6 is 0 Å². The Morgan fingerprint density at radius 2 is 0.917 bits per heavy atom. The summed E-state index contributed by atoms with van der Waals surface area (Å²) in [4.78, 5) is 0. The zero-order chi connectivity index (χ0) is 17.9. The van der Waals surface area contributed by atoms with Crippen LogP contribution in [0.25, 0.3) is 0 Å². The third kappa shape index (κ3) is 18.2. The van der Waals surface area contributed by atoms with Crippen molar-refractivity contribution in [2.75, 3.05) is 6.61 Å². The quantitative estimate of drug-likeness (QED) is 0.224. The molecule has 0 saturated heterocycles. The lowest BCUT2D eigenvalue weighted by atomic mass is 10.0. The SMILES string of the molecule is CCCCCCCCCCCCCCCCCCOC(O)C(C)O. The zero-order valence-corrected chi connectivity index (χ0v) is 16.5. The van der Waals surface area contributed by atoms with Crippen molar-refractivity contribution in [1.82, 2.24) is 0 Å². The molecule has 0 aromatic rings. The van der Waals surface area contributed by atoms with Gasteiger partial charge in [0.2, 0.25) is 0 Å². The Kier molecular flexibility index (Phi) is 19.1. The van der Waals surface area contributed by atoms with Crippen molar-refractivity contribution in [3.63, 3.8) is 0 Å². The molecule has 0 radical (unpaired) electrons. The minimum atomic E-state index is -1.03. The molecule has 146 valence electrons. The minimum Gasteiger partial charge on any atom is -0.388 e. The second-order valence-electron chi connectivity index (χ2n) is 7.31. The average Bonchev–Trinajstić information content (AvgIpc) is 2.57. The molecule has 0 aliphatic rings. The molecular formula is C21H44O3. The number of hydrogen-bond acceptors (Lipinski definition) is 3. The number of rotatable bonds is 19. The molecule has 0 aliphatic heterocycles. The van der Waals surface area contributed by atoms with E-state index in [2.05, 4.69) is 6.92 Å². The molecule has 0 heterocycles. The highest BCUT2D eigenvalue weighted by Crippen LogP contribution is 2.13. The number of hydrogen-bond donors (Lipinski definition) is 2. The monoisotopic (exact) mass is 344 g/mol. The Morgan fingerprint density at radius 1 is 0.583 bits per heavy atom. The molecule has 3 nitrogen and oxygen atoms in total. The van der Waals surface area contributed by atoms with Gasteiger partial charge in [0.1, 0.15) is 6.10 Å². The summed E-state index contributed by atoms with van der Waals surface area (Å²) in [6.45, 7) is 4.36. The second kappa shape index (κ2) is 19.2. The molecule has 2 atom stereocenters. The summed E-state index contributed by atoms with van der Waals surface area (Å²) in [5, 5.41) is 18.4. The van der Waals surface area contributed by atoms with Crippen molar-refractivity contribution in [2.45, 2.75) is 129 Å². The summed E-state index contributed by atoms with van der Waals surface area (Å²) in [5.74, 6) is 0. The van der Waals surface area contributed by atoms with Gasteiger partial charge in [-0.15, -0.1) is 0 Å². The van der Waals surface area contributed by atoms with Gasteiger partial charge < -0.3 is 14.9 Å². The molecule has 2 unspecified atom stereocenters. The molecule has 0 fully saturated rings. The lowest BCUT2D eigenvalue weighted by Gasteiger charge is -2.14. The van der Waals surface area contributed by atoms with Crippen LogP contribution in [0.2, 0.25) is 0 Å². The maximum absolute atomic E-state index is 9.28. The first-order chi connectivity index (χ1) is 11.7. The molecule has 0 bridgehead atoms. The number of aliphatic hydroxyl groups excluding tert-OH is 2. The fourth-order valence-electron chi connectivity index (χ4n) is 2.99. The fourth-order valence-corrected chi connectivity index (χ4v) is 2.99. The Balaban J connectivity index is 3.03. The third-order valence-corrected chi connectivity index (χ3v) is 4.70. The van der Waals surface area contributed by atoms with Crippen LogP contribution in [0, 0.1) is 0 Å². The Bertz CT molecular complexity index is 231. The van der Waals surface area contributed by atoms with Crippen molar-refractivity contribution in [3.05, 3.63) is 0 Å². The predicted octanol–water partition coefficient (Wildman–Crippen LogP) is 5.96. The summed E-state index contributed by atoms with van der Waals surface area (Å²) >= 11 is 0. The molecule has 3 heteroatoms. The van der Waals surface area contributed by atoms with E-state index < -0.39 is 12.4 Å². The van der Waals surface area contributed by atoms with Gasteiger partial charge >= 0.3 is 0 Å². The predicted molar refractivity (Wildman–Crippen MR) is 103 cm³/mol. The Hall–Kier alpha value is -0.120. The first kappa shape index (κ1) is 23.9. The van der Waals surface area contributed by atoms with Crippen LogP contribution in [0.1, 0.15) is 117 Å². The van der Waals surface area contributed by atoms with Crippen molar-refractivity contribution in [2.24, 2.45) is 0 Å². The van der Waals surface area contributed by atoms with Gasteiger partial charge in [0.15, 0.2) is 6.29 Å². The van der Waals surface area contributed by atoms with Crippen LogP contribution in [0.3, 0.4) is 0 Å². The largest absolute Gasteiger partial charge is 0.388 e. The molecule has 0 rings (SSSR count). The lowest BCUT2D eigenvalue weighted by molar-refractivity contribution is -0.156. The number of aliphatic hydroxyl groups is 2. The van der Waals surface area contributed by atoms with Gasteiger partial charge in [-0.05, 0) is 13.3 Å². The summed E-state index contributed by atoms with van der Waals surface area (Å²) in [5.41, 5.74) is 0. The van der Waals surface area contributed by atoms with E-state index in [4.69, 9.17) is 9.84 Å². The van der Waals surface area contributed by atoms with Crippen molar-refractivity contribution in [1.29, 1.82) is 0 Å². The number of unbranched alkanes of at least 4 members (excludes halogenated alkanes) is 15. The maximum atomic E-state index is 9.28. The Labute approximate surface area is 151 Å². The third-order valence-electron chi connectivity index (χ3n) is 4.70. The van der Waals surface area contributed by atoms with Gasteiger partial charge in [0.25, 0.3) is 0 Å². The van der Waals surface area contributed by atoms with Gasteiger partial charge in [-0.25, -0.2) is 0 Å². The molecule has 24 heavy (non-hydrogen) atoms. The molecule has 0 aromatic heterocycles. The number of ether oxygens (including phenoxy) is 1. The molecule has 0 aliphatic carbocycles. The normalized spacial score (nSPS) is 14.0. The van der Waals surface area contributed by atoms with Crippen LogP contribution in [0.4, 0.5) is 0 Å². The summed E-state index contributed by atoms with van der Waals surface area (Å²) < 4.78 is 5.13. The highest BCUT2D eigenvalue weighted by molar-refractivity contribution is 4.51. The molecule has 0 saturated carbocycles. The first-order valence-electron chi connectivity index (χ1n) is 10.7. The van der Waals surface area contributed by atoms with Crippen LogP contribution in [0.15, 0.2) is 0 Å². The second-order valence-corrected chi connectivity index (χ2v) is 7.31. The first-order valence-corrected chi connectivity index (χ1v) is 10.7. The standard InChI is InChI=1S/C21H44O3/c1-3-4-5-6-7-8-9-10-11-12-13-14-15-16-17-18-19-24-21(23)20(2)22/h20-23H,3-19H2,1-2H3. The van der Waals surface area contributed by atoms with E-state index in [-0.39, 0.29) is 0 Å². The van der Waals surface area contributed by atoms with Gasteiger partial charge in [-0.2, -0.15) is 0 Å². The highest BCUT2D eigenvalue weighted by Gasteiger charge is 2.09. The molecule has 0 spiro atoms. The van der Waals surface area contributed by atoms with Gasteiger partial charge in [0.05, 0.1) is 0 Å². The van der Waals surface area contributed by atoms with Crippen LogP contribution < -0.4 is 0 Å². The zero-order valence-electron chi connectivity index (χ0n) is 16.5. The van der Waals surface area contributed by atoms with Crippen LogP contribution in [-0.2, 0) is 4.74 Å². The van der Waals surface area contributed by atoms with E-state index in [9.17, 15) is 5.11 Å². The van der Waals surface area contributed by atoms with Crippen molar-refractivity contribution >= 4 is 0 Å². The van der Waals surface area contributed by atoms with Gasteiger partial charge in [0, 0.05) is 6.61 Å². The van der Waals surface area contributed by atoms with E-state index in [0.717, 1.165) is 12.8 Å². The topological polar surface area (TPSA) is 49.7 Å². The van der Waals surface area contributed by atoms with Crippen LogP contribution in [-0.4, -0.2) is 29.2 Å².